The number of fused-ring (bicyclic) bond motifs is 1. The molecule has 45 heavy (non-hydrogen) atoms. The van der Waals surface area contributed by atoms with Crippen LogP contribution in [0.25, 0.3) is 33.2 Å². The lowest BCUT2D eigenvalue weighted by Crippen LogP contribution is -2.44. The van der Waals surface area contributed by atoms with Crippen molar-refractivity contribution in [3.63, 3.8) is 0 Å². The first kappa shape index (κ1) is 30.4. The Hall–Kier alpha value is -4.67. The standard InChI is InChI=1S/C34H30ClF2N5O3/c1-19(43)27-17-41(30-11-10-21(12-26(27)30)22-14-38-20(2)39-15-22)18-32(44)42-16-23(36)13-31(42)34(45)40-29-9-5-7-25(33(29)37)24-6-3-4-8-28(24)35/h3-12,14-15,17,19,23,31,43H,13,16,18H2,1-2H3,(H,40,45)/t19?,23-,31+/m1/s1. The number of carbonyl (C=O) groups excluding carboxylic acids is 2. The first-order chi connectivity index (χ1) is 21.6. The fourth-order valence-corrected chi connectivity index (χ4v) is 6.02. The van der Waals surface area contributed by atoms with Crippen LogP contribution in [-0.2, 0) is 16.1 Å². The number of halogens is 3. The second kappa shape index (κ2) is 12.4. The van der Waals surface area contributed by atoms with Gasteiger partial charge >= 0.3 is 0 Å². The number of aryl methyl sites for hydroxylation is 1. The number of carbonyl (C=O) groups is 2. The third kappa shape index (κ3) is 6.03. The molecule has 1 aliphatic heterocycles. The van der Waals surface area contributed by atoms with E-state index in [1.807, 2.05) is 18.2 Å². The first-order valence-corrected chi connectivity index (χ1v) is 14.9. The molecular formula is C34H30ClF2N5O3. The Morgan fingerprint density at radius 2 is 1.80 bits per heavy atom. The maximum Gasteiger partial charge on any atom is 0.247 e. The molecule has 1 fully saturated rings. The molecule has 1 saturated heterocycles. The molecule has 230 valence electrons. The van der Waals surface area contributed by atoms with Crippen LogP contribution in [0.2, 0.25) is 5.02 Å². The smallest absolute Gasteiger partial charge is 0.247 e. The van der Waals surface area contributed by atoms with E-state index in [1.54, 1.807) is 73.4 Å². The lowest BCUT2D eigenvalue weighted by molar-refractivity contribution is -0.137. The lowest BCUT2D eigenvalue weighted by atomic mass is 10.0. The maximum atomic E-state index is 15.5. The number of anilines is 1. The summed E-state index contributed by atoms with van der Waals surface area (Å²) in [6, 6.07) is 15.8. The highest BCUT2D eigenvalue weighted by Crippen LogP contribution is 2.34. The van der Waals surface area contributed by atoms with Crippen molar-refractivity contribution in [2.45, 2.75) is 45.1 Å². The number of aliphatic hydroxyl groups is 1. The highest BCUT2D eigenvalue weighted by Gasteiger charge is 2.40. The molecule has 0 spiro atoms. The van der Waals surface area contributed by atoms with Crippen molar-refractivity contribution in [2.24, 2.45) is 0 Å². The van der Waals surface area contributed by atoms with Gasteiger partial charge < -0.3 is 19.9 Å². The number of hydrogen-bond acceptors (Lipinski definition) is 5. The van der Waals surface area contributed by atoms with Gasteiger partial charge in [0, 0.05) is 63.2 Å². The minimum atomic E-state index is -1.42. The summed E-state index contributed by atoms with van der Waals surface area (Å²) >= 11 is 6.26. The van der Waals surface area contributed by atoms with Gasteiger partial charge in [0.1, 0.15) is 24.6 Å². The molecule has 0 radical (unpaired) electrons. The van der Waals surface area contributed by atoms with Gasteiger partial charge in [0.05, 0.1) is 18.3 Å². The van der Waals surface area contributed by atoms with Gasteiger partial charge in [0.25, 0.3) is 0 Å². The number of nitrogens with one attached hydrogen (secondary N) is 1. The highest BCUT2D eigenvalue weighted by molar-refractivity contribution is 6.33. The van der Waals surface area contributed by atoms with Crippen molar-refractivity contribution >= 4 is 40.0 Å². The lowest BCUT2D eigenvalue weighted by Gasteiger charge is -2.24. The van der Waals surface area contributed by atoms with Gasteiger partial charge in [-0.05, 0) is 43.7 Å². The zero-order valence-electron chi connectivity index (χ0n) is 24.5. The molecule has 8 nitrogen and oxygen atoms in total. The van der Waals surface area contributed by atoms with Crippen LogP contribution in [0, 0.1) is 12.7 Å². The van der Waals surface area contributed by atoms with Crippen LogP contribution in [0.5, 0.6) is 0 Å². The first-order valence-electron chi connectivity index (χ1n) is 14.5. The molecule has 1 unspecified atom stereocenters. The molecule has 6 rings (SSSR count). The van der Waals surface area contributed by atoms with E-state index in [9.17, 15) is 19.1 Å². The highest BCUT2D eigenvalue weighted by atomic mass is 35.5. The number of hydrogen-bond donors (Lipinski definition) is 2. The van der Waals surface area contributed by atoms with E-state index in [2.05, 4.69) is 15.3 Å². The number of rotatable bonds is 7. The average Bonchev–Trinajstić information content (AvgIpc) is 3.59. The molecule has 3 heterocycles. The van der Waals surface area contributed by atoms with E-state index in [-0.39, 0.29) is 30.8 Å². The molecule has 2 aromatic heterocycles. The van der Waals surface area contributed by atoms with Crippen molar-refractivity contribution in [3.8, 4) is 22.3 Å². The molecule has 2 amide bonds. The summed E-state index contributed by atoms with van der Waals surface area (Å²) in [4.78, 5) is 36.7. The van der Waals surface area contributed by atoms with E-state index in [4.69, 9.17) is 11.6 Å². The van der Waals surface area contributed by atoms with Gasteiger partial charge in [-0.3, -0.25) is 9.59 Å². The molecule has 3 aromatic carbocycles. The van der Waals surface area contributed by atoms with Crippen LogP contribution >= 0.6 is 11.6 Å². The molecule has 0 aliphatic carbocycles. The van der Waals surface area contributed by atoms with E-state index in [0.717, 1.165) is 16.5 Å². The number of amides is 2. The van der Waals surface area contributed by atoms with Gasteiger partial charge in [-0.25, -0.2) is 18.7 Å². The van der Waals surface area contributed by atoms with E-state index in [0.29, 0.717) is 27.5 Å². The Morgan fingerprint density at radius 1 is 1.07 bits per heavy atom. The predicted molar refractivity (Wildman–Crippen MR) is 169 cm³/mol. The van der Waals surface area contributed by atoms with Gasteiger partial charge in [-0.15, -0.1) is 0 Å². The van der Waals surface area contributed by atoms with Crippen molar-refractivity contribution in [1.82, 2.24) is 19.4 Å². The van der Waals surface area contributed by atoms with Crippen LogP contribution in [0.3, 0.4) is 0 Å². The molecular weight excluding hydrogens is 600 g/mol. The van der Waals surface area contributed by atoms with Crippen molar-refractivity contribution in [1.29, 1.82) is 0 Å². The Labute approximate surface area is 263 Å². The number of likely N-dealkylation sites (tertiary alicyclic amines) is 1. The van der Waals surface area contributed by atoms with Crippen molar-refractivity contribution in [2.75, 3.05) is 11.9 Å². The number of aliphatic hydroxyl groups excluding tert-OH is 1. The minimum absolute atomic E-state index is 0.0973. The minimum Gasteiger partial charge on any atom is -0.389 e. The number of nitrogens with zero attached hydrogens (tertiary/aromatic N) is 4. The third-order valence-electron chi connectivity index (χ3n) is 8.08. The summed E-state index contributed by atoms with van der Waals surface area (Å²) in [5.74, 6) is -1.21. The second-order valence-corrected chi connectivity index (χ2v) is 11.6. The Morgan fingerprint density at radius 3 is 2.53 bits per heavy atom. The summed E-state index contributed by atoms with van der Waals surface area (Å²) < 4.78 is 31.9. The van der Waals surface area contributed by atoms with Gasteiger partial charge in [0.15, 0.2) is 5.82 Å². The number of benzene rings is 3. The Kier molecular flexibility index (Phi) is 8.35. The second-order valence-electron chi connectivity index (χ2n) is 11.2. The summed E-state index contributed by atoms with van der Waals surface area (Å²) in [6.45, 7) is 2.98. The average molecular weight is 630 g/mol. The van der Waals surface area contributed by atoms with Crippen LogP contribution in [0.4, 0.5) is 14.5 Å². The normalized spacial score (nSPS) is 17.1. The SMILES string of the molecule is Cc1ncc(-c2ccc3c(c2)c(C(C)O)cn3CC(=O)N2C[C@H](F)C[C@H]2C(=O)Nc2cccc(-c3ccccc3Cl)c2F)cn1. The summed E-state index contributed by atoms with van der Waals surface area (Å²) in [6.07, 6.45) is 2.67. The van der Waals surface area contributed by atoms with E-state index < -0.39 is 35.9 Å². The topological polar surface area (TPSA) is 100 Å². The Bertz CT molecular complexity index is 1910. The van der Waals surface area contributed by atoms with Crippen molar-refractivity contribution in [3.05, 3.63) is 101 Å². The molecule has 11 heteroatoms. The fourth-order valence-electron chi connectivity index (χ4n) is 5.79. The zero-order valence-corrected chi connectivity index (χ0v) is 25.3. The quantitative estimate of drug-likeness (QED) is 0.214. The predicted octanol–water partition coefficient (Wildman–Crippen LogP) is 6.50. The monoisotopic (exact) mass is 629 g/mol. The van der Waals surface area contributed by atoms with Gasteiger partial charge in [0.2, 0.25) is 11.8 Å². The number of alkyl halides is 1. The summed E-state index contributed by atoms with van der Waals surface area (Å²) in [7, 11) is 0. The van der Waals surface area contributed by atoms with Crippen LogP contribution < -0.4 is 5.32 Å². The van der Waals surface area contributed by atoms with E-state index >= 15 is 4.39 Å². The largest absolute Gasteiger partial charge is 0.389 e. The van der Waals surface area contributed by atoms with Crippen molar-refractivity contribution < 1.29 is 23.5 Å². The molecule has 2 N–H and O–H groups in total. The molecule has 5 aromatic rings. The maximum absolute atomic E-state index is 15.5. The van der Waals surface area contributed by atoms with Crippen LogP contribution in [0.15, 0.2) is 79.3 Å². The van der Waals surface area contributed by atoms with Gasteiger partial charge in [-0.2, -0.15) is 0 Å². The molecule has 3 atom stereocenters. The molecule has 1 aliphatic rings. The Balaban J connectivity index is 1.24. The zero-order chi connectivity index (χ0) is 31.8. The fraction of sp³-hybridized carbons (Fsp3) is 0.235. The summed E-state index contributed by atoms with van der Waals surface area (Å²) in [5, 5.41) is 14.2. The molecule has 0 saturated carbocycles. The third-order valence-corrected chi connectivity index (χ3v) is 8.41. The molecule has 0 bridgehead atoms. The van der Waals surface area contributed by atoms with E-state index in [1.165, 1.54) is 11.0 Å². The van der Waals surface area contributed by atoms with Gasteiger partial charge in [-0.1, -0.05) is 48.0 Å². The number of aromatic nitrogens is 3. The van der Waals surface area contributed by atoms with Crippen LogP contribution in [-0.4, -0.2) is 55.1 Å². The van der Waals surface area contributed by atoms with Crippen LogP contribution in [0.1, 0.15) is 30.8 Å². The summed E-state index contributed by atoms with van der Waals surface area (Å²) in [5.41, 5.74) is 3.51.